The normalized spacial score (nSPS) is 22.3. The van der Waals surface area contributed by atoms with E-state index in [2.05, 4.69) is 23.7 Å². The van der Waals surface area contributed by atoms with Gasteiger partial charge < -0.3 is 4.90 Å². The van der Waals surface area contributed by atoms with Crippen molar-refractivity contribution in [1.82, 2.24) is 9.97 Å². The molecule has 35 heavy (non-hydrogen) atoms. The average molecular weight is 475 g/mol. The van der Waals surface area contributed by atoms with Gasteiger partial charge in [-0.05, 0) is 54.4 Å². The van der Waals surface area contributed by atoms with Crippen molar-refractivity contribution in [2.45, 2.75) is 52.0 Å². The maximum absolute atomic E-state index is 14.2. The van der Waals surface area contributed by atoms with E-state index in [1.54, 1.807) is 0 Å². The molecule has 182 valence electrons. The molecule has 2 aliphatic rings. The summed E-state index contributed by atoms with van der Waals surface area (Å²) in [5.74, 6) is 1.12. The Morgan fingerprint density at radius 2 is 1.49 bits per heavy atom. The number of piperidine rings is 1. The topological polar surface area (TPSA) is 41.4 Å². The van der Waals surface area contributed by atoms with E-state index in [1.807, 2.05) is 36.7 Å². The lowest BCUT2D eigenvalue weighted by Gasteiger charge is -2.37. The molecule has 2 aliphatic heterocycles. The van der Waals surface area contributed by atoms with Gasteiger partial charge in [-0.2, -0.15) is 0 Å². The van der Waals surface area contributed by atoms with E-state index in [0.717, 1.165) is 42.1 Å². The van der Waals surface area contributed by atoms with Crippen molar-refractivity contribution in [3.8, 4) is 11.1 Å². The number of aliphatic imine (C=N–C) groups is 1. The molecule has 1 saturated heterocycles. The number of hydrogen-bond acceptors (Lipinski definition) is 4. The van der Waals surface area contributed by atoms with E-state index in [1.165, 1.54) is 37.5 Å². The van der Waals surface area contributed by atoms with Gasteiger partial charge in [0.1, 0.15) is 11.6 Å². The SMILES string of the molecule is CCC1CC(CC)CN(c2ncc(-c3ccc(C4CCC(c5c(F)cccc5F)=N4)cc3)cn2)C1. The Kier molecular flexibility index (Phi) is 6.89. The lowest BCUT2D eigenvalue weighted by atomic mass is 9.86. The molecule has 0 radical (unpaired) electrons. The predicted octanol–water partition coefficient (Wildman–Crippen LogP) is 7.01. The highest BCUT2D eigenvalue weighted by atomic mass is 19.1. The molecule has 0 aliphatic carbocycles. The van der Waals surface area contributed by atoms with Gasteiger partial charge in [0.2, 0.25) is 5.95 Å². The van der Waals surface area contributed by atoms with Crippen LogP contribution in [0.2, 0.25) is 0 Å². The van der Waals surface area contributed by atoms with Crippen LogP contribution in [0, 0.1) is 23.5 Å². The fraction of sp³-hybridized carbons (Fsp3) is 0.414. The van der Waals surface area contributed by atoms with Gasteiger partial charge >= 0.3 is 0 Å². The maximum Gasteiger partial charge on any atom is 0.225 e. The third kappa shape index (κ3) is 4.97. The molecule has 3 heterocycles. The first-order valence-electron chi connectivity index (χ1n) is 12.7. The Labute approximate surface area is 206 Å². The summed E-state index contributed by atoms with van der Waals surface area (Å²) >= 11 is 0. The molecular weight excluding hydrogens is 442 g/mol. The van der Waals surface area contributed by atoms with Crippen molar-refractivity contribution in [2.24, 2.45) is 16.8 Å². The number of benzene rings is 2. The fourth-order valence-electron chi connectivity index (χ4n) is 5.40. The molecule has 3 unspecified atom stereocenters. The second kappa shape index (κ2) is 10.2. The van der Waals surface area contributed by atoms with Gasteiger partial charge in [-0.15, -0.1) is 0 Å². The lowest BCUT2D eigenvalue weighted by Crippen LogP contribution is -2.41. The van der Waals surface area contributed by atoms with E-state index < -0.39 is 11.6 Å². The molecule has 6 heteroatoms. The number of nitrogens with zero attached hydrogens (tertiary/aromatic N) is 4. The number of rotatable bonds is 6. The van der Waals surface area contributed by atoms with Crippen LogP contribution in [0.1, 0.15) is 63.1 Å². The van der Waals surface area contributed by atoms with Crippen molar-refractivity contribution in [3.05, 3.63) is 77.6 Å². The zero-order chi connectivity index (χ0) is 24.4. The number of anilines is 1. The summed E-state index contributed by atoms with van der Waals surface area (Å²) in [6.07, 6.45) is 8.80. The first-order chi connectivity index (χ1) is 17.1. The van der Waals surface area contributed by atoms with E-state index in [-0.39, 0.29) is 11.6 Å². The van der Waals surface area contributed by atoms with Crippen LogP contribution in [0.3, 0.4) is 0 Å². The smallest absolute Gasteiger partial charge is 0.225 e. The van der Waals surface area contributed by atoms with E-state index >= 15 is 0 Å². The summed E-state index contributed by atoms with van der Waals surface area (Å²) in [5, 5.41) is 0. The Bertz CT molecular complexity index is 1160. The van der Waals surface area contributed by atoms with Crippen LogP contribution in [0.15, 0.2) is 59.9 Å². The van der Waals surface area contributed by atoms with Gasteiger partial charge in [-0.1, -0.05) is 57.0 Å². The van der Waals surface area contributed by atoms with Gasteiger partial charge in [0.25, 0.3) is 0 Å². The highest BCUT2D eigenvalue weighted by Crippen LogP contribution is 2.34. The first-order valence-corrected chi connectivity index (χ1v) is 12.7. The molecule has 1 aromatic heterocycles. The monoisotopic (exact) mass is 474 g/mol. The first kappa shape index (κ1) is 23.6. The van der Waals surface area contributed by atoms with Crippen LogP contribution >= 0.6 is 0 Å². The second-order valence-corrected chi connectivity index (χ2v) is 9.81. The van der Waals surface area contributed by atoms with Crippen LogP contribution in [0.4, 0.5) is 14.7 Å². The van der Waals surface area contributed by atoms with Crippen LogP contribution in [0.25, 0.3) is 11.1 Å². The van der Waals surface area contributed by atoms with Crippen LogP contribution in [-0.2, 0) is 0 Å². The predicted molar refractivity (Wildman–Crippen MR) is 137 cm³/mol. The minimum atomic E-state index is -0.553. The van der Waals surface area contributed by atoms with Gasteiger partial charge in [-0.25, -0.2) is 18.7 Å². The molecule has 3 aromatic rings. The molecule has 3 atom stereocenters. The molecule has 0 bridgehead atoms. The van der Waals surface area contributed by atoms with Crippen molar-refractivity contribution in [3.63, 3.8) is 0 Å². The van der Waals surface area contributed by atoms with Gasteiger partial charge in [0, 0.05) is 36.8 Å². The second-order valence-electron chi connectivity index (χ2n) is 9.81. The molecule has 5 rings (SSSR count). The Morgan fingerprint density at radius 3 is 2.09 bits per heavy atom. The molecular formula is C29H32F2N4. The Hall–Kier alpha value is -3.15. The van der Waals surface area contributed by atoms with Crippen LogP contribution < -0.4 is 4.90 Å². The maximum atomic E-state index is 14.2. The lowest BCUT2D eigenvalue weighted by molar-refractivity contribution is 0.302. The van der Waals surface area contributed by atoms with Gasteiger partial charge in [0.05, 0.1) is 11.6 Å². The van der Waals surface area contributed by atoms with E-state index in [4.69, 9.17) is 9.97 Å². The minimum Gasteiger partial charge on any atom is -0.340 e. The molecule has 0 amide bonds. The molecule has 0 N–H and O–H groups in total. The van der Waals surface area contributed by atoms with Crippen LogP contribution in [-0.4, -0.2) is 28.8 Å². The fourth-order valence-corrected chi connectivity index (χ4v) is 5.40. The summed E-state index contributed by atoms with van der Waals surface area (Å²) in [5.41, 5.74) is 3.57. The number of aromatic nitrogens is 2. The molecule has 4 nitrogen and oxygen atoms in total. The Balaban J connectivity index is 1.29. The summed E-state index contributed by atoms with van der Waals surface area (Å²) < 4.78 is 28.3. The van der Waals surface area contributed by atoms with E-state index in [9.17, 15) is 8.78 Å². The van der Waals surface area contributed by atoms with Crippen molar-refractivity contribution in [2.75, 3.05) is 18.0 Å². The van der Waals surface area contributed by atoms with Crippen molar-refractivity contribution >= 4 is 11.7 Å². The minimum absolute atomic E-state index is 0.00748. The highest BCUT2D eigenvalue weighted by Gasteiger charge is 2.27. The third-order valence-corrected chi connectivity index (χ3v) is 7.55. The van der Waals surface area contributed by atoms with Gasteiger partial charge in [-0.3, -0.25) is 4.99 Å². The third-order valence-electron chi connectivity index (χ3n) is 7.55. The quantitative estimate of drug-likeness (QED) is 0.386. The summed E-state index contributed by atoms with van der Waals surface area (Å²) in [7, 11) is 0. The number of halogens is 2. The zero-order valence-corrected chi connectivity index (χ0v) is 20.4. The summed E-state index contributed by atoms with van der Waals surface area (Å²) in [6, 6.07) is 12.0. The molecule has 0 saturated carbocycles. The van der Waals surface area contributed by atoms with Gasteiger partial charge in [0.15, 0.2) is 0 Å². The van der Waals surface area contributed by atoms with Crippen molar-refractivity contribution in [1.29, 1.82) is 0 Å². The van der Waals surface area contributed by atoms with Crippen molar-refractivity contribution < 1.29 is 8.78 Å². The van der Waals surface area contributed by atoms with E-state index in [0.29, 0.717) is 24.0 Å². The summed E-state index contributed by atoms with van der Waals surface area (Å²) in [4.78, 5) is 16.4. The Morgan fingerprint density at radius 1 is 0.857 bits per heavy atom. The molecule has 1 fully saturated rings. The molecule has 0 spiro atoms. The zero-order valence-electron chi connectivity index (χ0n) is 20.4. The van der Waals surface area contributed by atoms with Crippen LogP contribution in [0.5, 0.6) is 0 Å². The molecule has 2 aromatic carbocycles. The largest absolute Gasteiger partial charge is 0.340 e. The number of hydrogen-bond donors (Lipinski definition) is 0. The highest BCUT2D eigenvalue weighted by molar-refractivity contribution is 6.02. The summed E-state index contributed by atoms with van der Waals surface area (Å²) in [6.45, 7) is 6.60. The standard InChI is InChI=1S/C29H32F2N4/c1-3-19-14-20(4-2)18-35(17-19)29-32-15-23(16-33-29)21-8-10-22(11-9-21)26-12-13-27(34-26)28-24(30)6-5-7-25(28)31/h5-11,15-16,19-20,26H,3-4,12-14,17-18H2,1-2H3. The average Bonchev–Trinajstić information content (AvgIpc) is 3.38.